The van der Waals surface area contributed by atoms with Crippen LogP contribution in [0.2, 0.25) is 0 Å². The van der Waals surface area contributed by atoms with Gasteiger partial charge in [0.1, 0.15) is 17.2 Å². The van der Waals surface area contributed by atoms with E-state index in [9.17, 15) is 9.18 Å². The fourth-order valence-electron chi connectivity index (χ4n) is 2.51. The largest absolute Gasteiger partial charge is 0.485 e. The molecule has 1 aromatic rings. The number of ketones is 1. The van der Waals surface area contributed by atoms with Gasteiger partial charge >= 0.3 is 0 Å². The molecule has 0 saturated carbocycles. The molecule has 3 rings (SSSR count). The highest BCUT2D eigenvalue weighted by atomic mass is 32.2. The van der Waals surface area contributed by atoms with Crippen molar-refractivity contribution in [1.29, 1.82) is 0 Å². The first-order chi connectivity index (χ1) is 8.19. The highest BCUT2D eigenvalue weighted by Crippen LogP contribution is 2.40. The Morgan fingerprint density at radius 2 is 2.29 bits per heavy atom. The molecule has 2 aliphatic heterocycles. The smallest absolute Gasteiger partial charge is 0.170 e. The Morgan fingerprint density at radius 1 is 1.41 bits per heavy atom. The van der Waals surface area contributed by atoms with Crippen molar-refractivity contribution in [3.8, 4) is 5.75 Å². The lowest BCUT2D eigenvalue weighted by Gasteiger charge is -2.40. The first-order valence-corrected chi connectivity index (χ1v) is 6.94. The van der Waals surface area contributed by atoms with Crippen LogP contribution in [0.3, 0.4) is 0 Å². The number of rotatable bonds is 0. The van der Waals surface area contributed by atoms with Gasteiger partial charge in [-0.1, -0.05) is 0 Å². The molecule has 0 amide bonds. The first-order valence-electron chi connectivity index (χ1n) is 5.78. The Bertz CT molecular complexity index is 466. The fraction of sp³-hybridized carbons (Fsp3) is 0.462. The van der Waals surface area contributed by atoms with Crippen LogP contribution in [-0.2, 0) is 0 Å². The minimum atomic E-state index is -0.388. The van der Waals surface area contributed by atoms with Crippen molar-refractivity contribution >= 4 is 17.5 Å². The molecule has 0 N–H and O–H groups in total. The van der Waals surface area contributed by atoms with Crippen LogP contribution in [0.15, 0.2) is 18.2 Å². The molecule has 1 saturated heterocycles. The molecule has 4 heteroatoms. The predicted octanol–water partition coefficient (Wildman–Crippen LogP) is 3.06. The summed E-state index contributed by atoms with van der Waals surface area (Å²) in [6, 6.07) is 4.16. The molecule has 1 aromatic carbocycles. The lowest BCUT2D eigenvalue weighted by molar-refractivity contribution is 0.0477. The minimum Gasteiger partial charge on any atom is -0.485 e. The normalized spacial score (nSPS) is 27.7. The van der Waals surface area contributed by atoms with Crippen LogP contribution >= 0.6 is 11.8 Å². The average Bonchev–Trinajstić information content (AvgIpc) is 2.29. The standard InChI is InChI=1S/C13H13FO2S/c14-9-2-3-10-11(15)7-13(16-12(10)6-9)4-1-5-17-8-13/h2-3,6H,1,4-5,7-8H2. The molecule has 1 atom stereocenters. The topological polar surface area (TPSA) is 26.3 Å². The van der Waals surface area contributed by atoms with E-state index in [4.69, 9.17) is 4.74 Å². The Hall–Kier alpha value is -1.03. The minimum absolute atomic E-state index is 0.0775. The van der Waals surface area contributed by atoms with Gasteiger partial charge in [0.25, 0.3) is 0 Å². The maximum absolute atomic E-state index is 13.2. The molecular weight excluding hydrogens is 239 g/mol. The number of halogens is 1. The van der Waals surface area contributed by atoms with Crippen molar-refractivity contribution in [2.75, 3.05) is 11.5 Å². The van der Waals surface area contributed by atoms with Gasteiger partial charge in [0.05, 0.1) is 12.0 Å². The zero-order chi connectivity index (χ0) is 11.9. The third-order valence-corrected chi connectivity index (χ3v) is 4.65. The molecule has 90 valence electrons. The number of carbonyl (C=O) groups is 1. The third kappa shape index (κ3) is 1.95. The second-order valence-corrected chi connectivity index (χ2v) is 5.79. The van der Waals surface area contributed by atoms with Gasteiger partial charge in [-0.25, -0.2) is 4.39 Å². The number of hydrogen-bond acceptors (Lipinski definition) is 3. The van der Waals surface area contributed by atoms with Gasteiger partial charge in [0.15, 0.2) is 5.78 Å². The van der Waals surface area contributed by atoms with Gasteiger partial charge in [0, 0.05) is 11.8 Å². The van der Waals surface area contributed by atoms with Crippen molar-refractivity contribution in [3.05, 3.63) is 29.6 Å². The zero-order valence-corrected chi connectivity index (χ0v) is 10.2. The van der Waals surface area contributed by atoms with Gasteiger partial charge in [-0.2, -0.15) is 11.8 Å². The Labute approximate surface area is 104 Å². The van der Waals surface area contributed by atoms with E-state index in [2.05, 4.69) is 0 Å². The van der Waals surface area contributed by atoms with Gasteiger partial charge in [-0.05, 0) is 30.7 Å². The maximum Gasteiger partial charge on any atom is 0.170 e. The first kappa shape index (κ1) is 11.1. The lowest BCUT2D eigenvalue weighted by Crippen LogP contribution is -2.46. The second kappa shape index (κ2) is 4.02. The van der Waals surface area contributed by atoms with Crippen molar-refractivity contribution in [2.24, 2.45) is 0 Å². The van der Waals surface area contributed by atoms with Crippen LogP contribution < -0.4 is 4.74 Å². The number of benzene rings is 1. The predicted molar refractivity (Wildman–Crippen MR) is 65.3 cm³/mol. The summed E-state index contributed by atoms with van der Waals surface area (Å²) in [6.45, 7) is 0. The number of ether oxygens (including phenoxy) is 1. The average molecular weight is 252 g/mol. The van der Waals surface area contributed by atoms with E-state index in [0.29, 0.717) is 17.7 Å². The van der Waals surface area contributed by atoms with E-state index in [1.807, 2.05) is 11.8 Å². The third-order valence-electron chi connectivity index (χ3n) is 3.34. The molecule has 0 aromatic heterocycles. The summed E-state index contributed by atoms with van der Waals surface area (Å²) in [6.07, 6.45) is 2.38. The van der Waals surface area contributed by atoms with Crippen LogP contribution in [0.5, 0.6) is 5.75 Å². The fourth-order valence-corrected chi connectivity index (χ4v) is 3.68. The summed E-state index contributed by atoms with van der Waals surface area (Å²) >= 11 is 1.81. The van der Waals surface area contributed by atoms with Crippen LogP contribution in [-0.4, -0.2) is 22.9 Å². The molecule has 17 heavy (non-hydrogen) atoms. The molecule has 0 radical (unpaired) electrons. The molecule has 2 aliphatic rings. The maximum atomic E-state index is 13.2. The van der Waals surface area contributed by atoms with Crippen molar-refractivity contribution in [2.45, 2.75) is 24.9 Å². The van der Waals surface area contributed by atoms with E-state index in [1.54, 1.807) is 0 Å². The van der Waals surface area contributed by atoms with Crippen LogP contribution in [0, 0.1) is 5.82 Å². The molecular formula is C13H13FO2S. The number of Topliss-reactive ketones (excluding diaryl/α,β-unsaturated/α-hetero) is 1. The molecule has 1 spiro atoms. The van der Waals surface area contributed by atoms with Crippen LogP contribution in [0.25, 0.3) is 0 Å². The van der Waals surface area contributed by atoms with Crippen molar-refractivity contribution in [3.63, 3.8) is 0 Å². The van der Waals surface area contributed by atoms with Gasteiger partial charge in [0.2, 0.25) is 0 Å². The number of carbonyl (C=O) groups excluding carboxylic acids is 1. The number of fused-ring (bicyclic) bond motifs is 1. The summed E-state index contributed by atoms with van der Waals surface area (Å²) in [5.74, 6) is 2.10. The Kier molecular flexibility index (Phi) is 2.62. The van der Waals surface area contributed by atoms with Gasteiger partial charge in [-0.15, -0.1) is 0 Å². The SMILES string of the molecule is O=C1CC2(CCCSC2)Oc2cc(F)ccc21. The quantitative estimate of drug-likeness (QED) is 0.710. The molecule has 2 heterocycles. The summed E-state index contributed by atoms with van der Waals surface area (Å²) < 4.78 is 19.1. The van der Waals surface area contributed by atoms with Gasteiger partial charge in [-0.3, -0.25) is 4.79 Å². The van der Waals surface area contributed by atoms with Crippen molar-refractivity contribution in [1.82, 2.24) is 0 Å². The van der Waals surface area contributed by atoms with E-state index >= 15 is 0 Å². The summed E-state index contributed by atoms with van der Waals surface area (Å²) in [5, 5.41) is 0. The van der Waals surface area contributed by atoms with Gasteiger partial charge < -0.3 is 4.74 Å². The molecule has 1 fully saturated rings. The number of hydrogen-bond donors (Lipinski definition) is 0. The van der Waals surface area contributed by atoms with E-state index in [0.717, 1.165) is 24.3 Å². The Balaban J connectivity index is 1.98. The van der Waals surface area contributed by atoms with E-state index in [-0.39, 0.29) is 17.2 Å². The highest BCUT2D eigenvalue weighted by Gasteiger charge is 2.41. The summed E-state index contributed by atoms with van der Waals surface area (Å²) in [4.78, 5) is 12.1. The van der Waals surface area contributed by atoms with E-state index < -0.39 is 0 Å². The summed E-state index contributed by atoms with van der Waals surface area (Å²) in [7, 11) is 0. The van der Waals surface area contributed by atoms with Crippen LogP contribution in [0.1, 0.15) is 29.6 Å². The molecule has 0 bridgehead atoms. The van der Waals surface area contributed by atoms with Crippen LogP contribution in [0.4, 0.5) is 4.39 Å². The highest BCUT2D eigenvalue weighted by molar-refractivity contribution is 7.99. The number of thioether (sulfide) groups is 1. The molecule has 0 aliphatic carbocycles. The molecule has 1 unspecified atom stereocenters. The Morgan fingerprint density at radius 3 is 3.06 bits per heavy atom. The summed E-state index contributed by atoms with van der Waals surface area (Å²) in [5.41, 5.74) is 0.133. The second-order valence-electron chi connectivity index (χ2n) is 4.68. The zero-order valence-electron chi connectivity index (χ0n) is 9.37. The molecule has 2 nitrogen and oxygen atoms in total. The lowest BCUT2D eigenvalue weighted by atomic mass is 9.87. The monoisotopic (exact) mass is 252 g/mol. The van der Waals surface area contributed by atoms with E-state index in [1.165, 1.54) is 18.2 Å². The van der Waals surface area contributed by atoms with Crippen molar-refractivity contribution < 1.29 is 13.9 Å².